The SMILES string of the molecule is COc1ccc2c(c1)/C(=C1\c3c(C)ccc(C)c3/C(=C3/c4ccccc4-c4ccc(OC)cc43)C1(C)F)c1ccccc1-2. The van der Waals surface area contributed by atoms with Crippen molar-refractivity contribution in [3.63, 3.8) is 0 Å². The van der Waals surface area contributed by atoms with E-state index in [0.29, 0.717) is 0 Å². The van der Waals surface area contributed by atoms with Crippen LogP contribution in [0.2, 0.25) is 0 Å². The topological polar surface area (TPSA) is 18.5 Å². The number of aryl methyl sites for hydroxylation is 2. The van der Waals surface area contributed by atoms with E-state index in [4.69, 9.17) is 9.47 Å². The first kappa shape index (κ1) is 25.8. The second-order valence-electron chi connectivity index (χ2n) is 11.9. The van der Waals surface area contributed by atoms with E-state index in [1.54, 1.807) is 21.1 Å². The molecule has 8 rings (SSSR count). The molecule has 0 bridgehead atoms. The lowest BCUT2D eigenvalue weighted by molar-refractivity contribution is 0.361. The molecule has 0 fully saturated rings. The van der Waals surface area contributed by atoms with Gasteiger partial charge in [0, 0.05) is 11.1 Å². The van der Waals surface area contributed by atoms with Crippen LogP contribution in [-0.4, -0.2) is 19.9 Å². The monoisotopic (exact) mass is 562 g/mol. The first-order valence-electron chi connectivity index (χ1n) is 14.7. The van der Waals surface area contributed by atoms with Gasteiger partial charge in [-0.3, -0.25) is 0 Å². The van der Waals surface area contributed by atoms with Gasteiger partial charge in [0.1, 0.15) is 11.5 Å². The molecule has 0 unspecified atom stereocenters. The first-order valence-corrected chi connectivity index (χ1v) is 14.7. The molecule has 43 heavy (non-hydrogen) atoms. The summed E-state index contributed by atoms with van der Waals surface area (Å²) in [5, 5.41) is 0. The van der Waals surface area contributed by atoms with Crippen molar-refractivity contribution in [3.05, 3.63) is 142 Å². The number of methoxy groups -OCH3 is 2. The van der Waals surface area contributed by atoms with Crippen molar-refractivity contribution in [3.8, 4) is 33.8 Å². The average molecular weight is 563 g/mol. The van der Waals surface area contributed by atoms with Gasteiger partial charge in [0.15, 0.2) is 5.67 Å². The third kappa shape index (κ3) is 3.39. The molecular weight excluding hydrogens is 531 g/mol. The van der Waals surface area contributed by atoms with Gasteiger partial charge in [0.25, 0.3) is 0 Å². The fourth-order valence-electron chi connectivity index (χ4n) is 7.65. The van der Waals surface area contributed by atoms with Crippen molar-refractivity contribution in [1.82, 2.24) is 0 Å². The molecule has 0 amide bonds. The summed E-state index contributed by atoms with van der Waals surface area (Å²) in [7, 11) is 3.36. The molecule has 0 spiro atoms. The minimum atomic E-state index is -1.81. The summed E-state index contributed by atoms with van der Waals surface area (Å²) >= 11 is 0. The highest BCUT2D eigenvalue weighted by Crippen LogP contribution is 2.63. The highest BCUT2D eigenvalue weighted by Gasteiger charge is 2.50. The van der Waals surface area contributed by atoms with E-state index in [1.807, 2.05) is 24.3 Å². The molecule has 0 atom stereocenters. The van der Waals surface area contributed by atoms with Crippen molar-refractivity contribution in [1.29, 1.82) is 0 Å². The van der Waals surface area contributed by atoms with E-state index < -0.39 is 5.67 Å². The Morgan fingerprint density at radius 3 is 1.26 bits per heavy atom. The maximum absolute atomic E-state index is 18.6. The highest BCUT2D eigenvalue weighted by atomic mass is 19.1. The number of allylic oxidation sites excluding steroid dienone is 2. The van der Waals surface area contributed by atoms with E-state index in [1.165, 1.54) is 0 Å². The van der Waals surface area contributed by atoms with Crippen molar-refractivity contribution in [2.75, 3.05) is 14.2 Å². The Morgan fingerprint density at radius 1 is 0.488 bits per heavy atom. The first-order chi connectivity index (χ1) is 20.8. The van der Waals surface area contributed by atoms with Crippen LogP contribution < -0.4 is 9.47 Å². The zero-order chi connectivity index (χ0) is 29.6. The molecule has 3 aliphatic carbocycles. The molecular formula is C40H31FO2. The molecule has 0 aliphatic heterocycles. The van der Waals surface area contributed by atoms with Crippen molar-refractivity contribution < 1.29 is 13.9 Å². The molecule has 5 aromatic carbocycles. The van der Waals surface area contributed by atoms with E-state index in [-0.39, 0.29) is 0 Å². The highest BCUT2D eigenvalue weighted by molar-refractivity contribution is 6.24. The lowest BCUT2D eigenvalue weighted by Crippen LogP contribution is -2.19. The molecule has 0 radical (unpaired) electrons. The second kappa shape index (κ2) is 9.05. The van der Waals surface area contributed by atoms with E-state index in [0.717, 1.165) is 101 Å². The smallest absolute Gasteiger partial charge is 0.160 e. The van der Waals surface area contributed by atoms with Gasteiger partial charge >= 0.3 is 0 Å². The quantitative estimate of drug-likeness (QED) is 0.209. The lowest BCUT2D eigenvalue weighted by Gasteiger charge is -2.24. The molecule has 3 heteroatoms. The number of halogens is 1. The number of hydrogen-bond donors (Lipinski definition) is 0. The number of alkyl halides is 1. The van der Waals surface area contributed by atoms with Gasteiger partial charge in [-0.05, 0) is 123 Å². The number of ether oxygens (including phenoxy) is 2. The van der Waals surface area contributed by atoms with Gasteiger partial charge in [-0.25, -0.2) is 4.39 Å². The molecule has 0 N–H and O–H groups in total. The van der Waals surface area contributed by atoms with Crippen LogP contribution in [0.15, 0.2) is 97.1 Å². The molecule has 5 aromatic rings. The maximum Gasteiger partial charge on any atom is 0.160 e. The zero-order valence-corrected chi connectivity index (χ0v) is 24.9. The summed E-state index contributed by atoms with van der Waals surface area (Å²) in [4.78, 5) is 0. The number of hydrogen-bond acceptors (Lipinski definition) is 2. The largest absolute Gasteiger partial charge is 0.497 e. The Balaban J connectivity index is 1.57. The molecule has 0 saturated heterocycles. The predicted molar refractivity (Wildman–Crippen MR) is 174 cm³/mol. The third-order valence-electron chi connectivity index (χ3n) is 9.53. The predicted octanol–water partition coefficient (Wildman–Crippen LogP) is 9.94. The Kier molecular flexibility index (Phi) is 5.43. The van der Waals surface area contributed by atoms with Gasteiger partial charge in [0.05, 0.1) is 14.2 Å². The Hall–Kier alpha value is -4.89. The number of rotatable bonds is 2. The van der Waals surface area contributed by atoms with Gasteiger partial charge in [0.2, 0.25) is 0 Å². The van der Waals surface area contributed by atoms with Crippen LogP contribution in [0.25, 0.3) is 44.5 Å². The Morgan fingerprint density at radius 2 is 0.860 bits per heavy atom. The van der Waals surface area contributed by atoms with Crippen LogP contribution in [0.3, 0.4) is 0 Å². The van der Waals surface area contributed by atoms with Crippen LogP contribution >= 0.6 is 0 Å². The van der Waals surface area contributed by atoms with Crippen molar-refractivity contribution in [2.24, 2.45) is 0 Å². The van der Waals surface area contributed by atoms with Gasteiger partial charge in [-0.2, -0.15) is 0 Å². The van der Waals surface area contributed by atoms with Crippen LogP contribution in [0, 0.1) is 13.8 Å². The molecule has 0 saturated carbocycles. The van der Waals surface area contributed by atoms with Gasteiger partial charge in [-0.1, -0.05) is 72.8 Å². The molecule has 0 heterocycles. The van der Waals surface area contributed by atoms with E-state index >= 15 is 4.39 Å². The summed E-state index contributed by atoms with van der Waals surface area (Å²) < 4.78 is 29.9. The molecule has 210 valence electrons. The minimum absolute atomic E-state index is 0.722. The zero-order valence-electron chi connectivity index (χ0n) is 24.9. The van der Waals surface area contributed by atoms with Crippen LogP contribution in [0.5, 0.6) is 11.5 Å². The van der Waals surface area contributed by atoms with Crippen LogP contribution in [-0.2, 0) is 0 Å². The van der Waals surface area contributed by atoms with Crippen LogP contribution in [0.1, 0.15) is 51.4 Å². The lowest BCUT2D eigenvalue weighted by atomic mass is 9.83. The minimum Gasteiger partial charge on any atom is -0.497 e. The average Bonchev–Trinajstić information content (AvgIpc) is 3.60. The molecule has 0 aromatic heterocycles. The number of benzene rings is 5. The van der Waals surface area contributed by atoms with E-state index in [2.05, 4.69) is 86.6 Å². The summed E-state index contributed by atoms with van der Waals surface area (Å²) in [5.74, 6) is 1.52. The summed E-state index contributed by atoms with van der Waals surface area (Å²) in [6.45, 7) is 5.98. The van der Waals surface area contributed by atoms with Crippen molar-refractivity contribution >= 4 is 22.3 Å². The normalized spacial score (nSPS) is 20.8. The fourth-order valence-corrected chi connectivity index (χ4v) is 7.65. The summed E-state index contributed by atoms with van der Waals surface area (Å²) in [6, 6.07) is 33.3. The molecule has 3 aliphatic rings. The Bertz CT molecular complexity index is 1940. The van der Waals surface area contributed by atoms with Gasteiger partial charge < -0.3 is 9.47 Å². The fraction of sp³-hybridized carbons (Fsp3) is 0.150. The van der Waals surface area contributed by atoms with E-state index in [9.17, 15) is 0 Å². The Labute approximate surface area is 251 Å². The van der Waals surface area contributed by atoms with Gasteiger partial charge in [-0.15, -0.1) is 0 Å². The number of fused-ring (bicyclic) bond motifs is 7. The maximum atomic E-state index is 18.6. The standard InChI is InChI=1S/C40H31FO2/c1-22-14-15-23(2)35-34(22)38(36-30-12-8-6-10-26(30)28-18-16-24(42-4)20-32(28)36)40(3,41)39(35)37-31-13-9-7-11-27(31)29-19-17-25(43-5)21-33(29)37/h6-21H,1-5H3/b38-36+,39-37+. The molecule has 2 nitrogen and oxygen atoms in total. The third-order valence-corrected chi connectivity index (χ3v) is 9.53. The summed E-state index contributed by atoms with van der Waals surface area (Å²) in [6.07, 6.45) is 0. The van der Waals surface area contributed by atoms with Crippen LogP contribution in [0.4, 0.5) is 4.39 Å². The summed E-state index contributed by atoms with van der Waals surface area (Å²) in [5.41, 5.74) is 14.2. The second-order valence-corrected chi connectivity index (χ2v) is 11.9. The van der Waals surface area contributed by atoms with Crippen molar-refractivity contribution in [2.45, 2.75) is 26.4 Å².